The van der Waals surface area contributed by atoms with Crippen LogP contribution in [0.15, 0.2) is 139 Å². The first-order valence-corrected chi connectivity index (χ1v) is 18.0. The van der Waals surface area contributed by atoms with Crippen molar-refractivity contribution in [3.63, 3.8) is 0 Å². The number of hydrogen-bond donors (Lipinski definition) is 1. The van der Waals surface area contributed by atoms with E-state index >= 15 is 0 Å². The monoisotopic (exact) mass is 697 g/mol. The van der Waals surface area contributed by atoms with Crippen LogP contribution in [0.3, 0.4) is 0 Å². The minimum atomic E-state index is -0.177. The largest absolute Gasteiger partial charge is 0.493 e. The lowest BCUT2D eigenvalue weighted by Crippen LogP contribution is -2.30. The van der Waals surface area contributed by atoms with E-state index in [1.54, 1.807) is 14.2 Å². The van der Waals surface area contributed by atoms with Gasteiger partial charge < -0.3 is 19.5 Å². The molecule has 0 bridgehead atoms. The number of rotatable bonds is 17. The van der Waals surface area contributed by atoms with Crippen molar-refractivity contribution in [3.05, 3.63) is 177 Å². The maximum Gasteiger partial charge on any atom is 0.271 e. The number of thiazole rings is 1. The smallest absolute Gasteiger partial charge is 0.271 e. The number of ether oxygens (including phenoxy) is 3. The van der Waals surface area contributed by atoms with Crippen LogP contribution in [0.2, 0.25) is 0 Å². The van der Waals surface area contributed by atoms with Gasteiger partial charge in [-0.3, -0.25) is 9.69 Å². The van der Waals surface area contributed by atoms with Gasteiger partial charge in [0.1, 0.15) is 23.1 Å². The fraction of sp³-hybridized carbons (Fsp3) is 0.209. The molecule has 0 fully saturated rings. The first kappa shape index (κ1) is 35.4. The average Bonchev–Trinajstić information content (AvgIpc) is 3.66. The zero-order chi connectivity index (χ0) is 35.3. The number of hydrogen-bond acceptors (Lipinski definition) is 7. The van der Waals surface area contributed by atoms with Gasteiger partial charge in [0.05, 0.1) is 26.8 Å². The summed E-state index contributed by atoms with van der Waals surface area (Å²) < 4.78 is 17.0. The second-order valence-corrected chi connectivity index (χ2v) is 13.3. The van der Waals surface area contributed by atoms with Gasteiger partial charge in [-0.15, -0.1) is 11.3 Å². The van der Waals surface area contributed by atoms with E-state index in [0.717, 1.165) is 51.5 Å². The van der Waals surface area contributed by atoms with Gasteiger partial charge in [-0.25, -0.2) is 4.98 Å². The fourth-order valence-electron chi connectivity index (χ4n) is 5.93. The lowest BCUT2D eigenvalue weighted by atomic mass is 9.99. The van der Waals surface area contributed by atoms with E-state index < -0.39 is 0 Å². The molecule has 0 saturated heterocycles. The zero-order valence-electron chi connectivity index (χ0n) is 29.0. The third kappa shape index (κ3) is 10.3. The molecule has 0 aliphatic heterocycles. The number of benzene rings is 5. The summed E-state index contributed by atoms with van der Waals surface area (Å²) in [7, 11) is 3.30. The van der Waals surface area contributed by atoms with Crippen LogP contribution in [0.25, 0.3) is 0 Å². The predicted octanol–water partition coefficient (Wildman–Crippen LogP) is 8.70. The van der Waals surface area contributed by atoms with Gasteiger partial charge in [0.2, 0.25) is 0 Å². The first-order valence-electron chi connectivity index (χ1n) is 17.1. The van der Waals surface area contributed by atoms with Crippen LogP contribution >= 0.6 is 11.3 Å². The van der Waals surface area contributed by atoms with Crippen molar-refractivity contribution < 1.29 is 19.0 Å². The Morgan fingerprint density at radius 3 is 2.06 bits per heavy atom. The minimum absolute atomic E-state index is 0.176. The van der Waals surface area contributed by atoms with Crippen molar-refractivity contribution in [1.29, 1.82) is 0 Å². The van der Waals surface area contributed by atoms with Crippen LogP contribution in [0.1, 0.15) is 49.4 Å². The molecule has 0 radical (unpaired) electrons. The Balaban J connectivity index is 1.15. The van der Waals surface area contributed by atoms with Crippen LogP contribution in [0, 0.1) is 0 Å². The van der Waals surface area contributed by atoms with Crippen LogP contribution in [0.5, 0.6) is 17.2 Å². The van der Waals surface area contributed by atoms with Crippen molar-refractivity contribution in [2.75, 3.05) is 20.8 Å². The van der Waals surface area contributed by atoms with E-state index in [1.165, 1.54) is 11.3 Å². The van der Waals surface area contributed by atoms with Gasteiger partial charge in [0, 0.05) is 18.5 Å². The lowest BCUT2D eigenvalue weighted by Gasteiger charge is -2.22. The standard InChI is InChI=1S/C43H43N3O4S/c1-48-40-23-20-33(27-41(40)49-2)24-25-46(28-34-18-21-37(22-19-34)50-30-35-14-8-4-9-15-35)29-42-44-39(31-51-42)43(47)45-38(36-16-10-5-11-17-36)26-32-12-6-3-7-13-32/h3-23,27,31,38H,24-26,28-30H2,1-2H3,(H,45,47)/t38-/m1/s1. The van der Waals surface area contributed by atoms with Crippen LogP contribution in [-0.2, 0) is 32.5 Å². The Labute approximate surface area is 304 Å². The number of carbonyl (C=O) groups excluding carboxylic acids is 1. The number of amides is 1. The Kier molecular flexibility index (Phi) is 12.5. The highest BCUT2D eigenvalue weighted by Crippen LogP contribution is 2.28. The molecule has 5 aromatic carbocycles. The summed E-state index contributed by atoms with van der Waals surface area (Å²) in [5.41, 5.74) is 6.09. The number of nitrogens with one attached hydrogen (secondary N) is 1. The maximum atomic E-state index is 13.6. The summed E-state index contributed by atoms with van der Waals surface area (Å²) in [6, 6.07) is 44.6. The second-order valence-electron chi connectivity index (χ2n) is 12.3. The minimum Gasteiger partial charge on any atom is -0.493 e. The van der Waals surface area contributed by atoms with E-state index in [0.29, 0.717) is 43.3 Å². The quantitative estimate of drug-likeness (QED) is 0.103. The molecule has 0 spiro atoms. The van der Waals surface area contributed by atoms with E-state index in [4.69, 9.17) is 19.2 Å². The molecular formula is C43H43N3O4S. The summed E-state index contributed by atoms with van der Waals surface area (Å²) in [6.45, 7) is 2.61. The topological polar surface area (TPSA) is 72.9 Å². The van der Waals surface area contributed by atoms with Crippen molar-refractivity contribution in [2.24, 2.45) is 0 Å². The van der Waals surface area contributed by atoms with Crippen molar-refractivity contribution in [2.45, 2.75) is 38.6 Å². The van der Waals surface area contributed by atoms with Gasteiger partial charge in [-0.1, -0.05) is 109 Å². The van der Waals surface area contributed by atoms with E-state index in [2.05, 4.69) is 64.8 Å². The molecule has 1 atom stereocenters. The van der Waals surface area contributed by atoms with Gasteiger partial charge in [-0.2, -0.15) is 0 Å². The predicted molar refractivity (Wildman–Crippen MR) is 203 cm³/mol. The Bertz CT molecular complexity index is 1950. The molecule has 0 aliphatic rings. The van der Waals surface area contributed by atoms with E-state index in [-0.39, 0.29) is 11.9 Å². The molecule has 260 valence electrons. The van der Waals surface area contributed by atoms with Gasteiger partial charge in [0.15, 0.2) is 11.5 Å². The summed E-state index contributed by atoms with van der Waals surface area (Å²) in [5.74, 6) is 2.07. The molecule has 1 N–H and O–H groups in total. The molecule has 1 heterocycles. The van der Waals surface area contributed by atoms with Crippen molar-refractivity contribution in [1.82, 2.24) is 15.2 Å². The van der Waals surface area contributed by atoms with Crippen LogP contribution in [-0.4, -0.2) is 36.6 Å². The molecule has 8 heteroatoms. The third-order valence-electron chi connectivity index (χ3n) is 8.68. The van der Waals surface area contributed by atoms with Gasteiger partial charge in [0.25, 0.3) is 5.91 Å². The molecule has 6 aromatic rings. The Morgan fingerprint density at radius 2 is 1.37 bits per heavy atom. The summed E-state index contributed by atoms with van der Waals surface area (Å²) in [6.07, 6.45) is 1.49. The Hall–Kier alpha value is -5.44. The average molecular weight is 698 g/mol. The summed E-state index contributed by atoms with van der Waals surface area (Å²) >= 11 is 1.51. The number of nitrogens with zero attached hydrogens (tertiary/aromatic N) is 2. The van der Waals surface area contributed by atoms with Crippen LogP contribution < -0.4 is 19.5 Å². The zero-order valence-corrected chi connectivity index (χ0v) is 29.9. The van der Waals surface area contributed by atoms with E-state index in [9.17, 15) is 4.79 Å². The highest BCUT2D eigenvalue weighted by Gasteiger charge is 2.20. The number of carbonyl (C=O) groups is 1. The second kappa shape index (κ2) is 18.0. The number of aromatic nitrogens is 1. The molecule has 51 heavy (non-hydrogen) atoms. The van der Waals surface area contributed by atoms with E-state index in [1.807, 2.05) is 84.2 Å². The lowest BCUT2D eigenvalue weighted by molar-refractivity contribution is 0.0931. The molecule has 0 unspecified atom stereocenters. The normalized spacial score (nSPS) is 11.6. The van der Waals surface area contributed by atoms with Gasteiger partial charge >= 0.3 is 0 Å². The highest BCUT2D eigenvalue weighted by molar-refractivity contribution is 7.09. The van der Waals surface area contributed by atoms with Crippen molar-refractivity contribution in [3.8, 4) is 17.2 Å². The first-order chi connectivity index (χ1) is 25.1. The number of methoxy groups -OCH3 is 2. The third-order valence-corrected chi connectivity index (χ3v) is 9.51. The maximum absolute atomic E-state index is 13.6. The summed E-state index contributed by atoms with van der Waals surface area (Å²) in [5, 5.41) is 6.00. The van der Waals surface area contributed by atoms with Crippen LogP contribution in [0.4, 0.5) is 0 Å². The molecular weight excluding hydrogens is 655 g/mol. The molecule has 1 amide bonds. The molecule has 6 rings (SSSR count). The fourth-order valence-corrected chi connectivity index (χ4v) is 6.74. The molecule has 7 nitrogen and oxygen atoms in total. The highest BCUT2D eigenvalue weighted by atomic mass is 32.1. The van der Waals surface area contributed by atoms with Gasteiger partial charge in [-0.05, 0) is 64.9 Å². The SMILES string of the molecule is COc1ccc(CCN(Cc2ccc(OCc3ccccc3)cc2)Cc2nc(C(=O)N[C@H](Cc3ccccc3)c3ccccc3)cs2)cc1OC. The molecule has 0 aliphatic carbocycles. The van der Waals surface area contributed by atoms with Crippen molar-refractivity contribution >= 4 is 17.2 Å². The molecule has 1 aromatic heterocycles. The Morgan fingerprint density at radius 1 is 0.725 bits per heavy atom. The molecule has 0 saturated carbocycles. The summed E-state index contributed by atoms with van der Waals surface area (Å²) in [4.78, 5) is 20.8.